The Balaban J connectivity index is 0.000000841. The quantitative estimate of drug-likeness (QED) is 0.377. The predicted molar refractivity (Wildman–Crippen MR) is 91.6 cm³/mol. The second kappa shape index (κ2) is 10.3. The molecule has 0 spiro atoms. The van der Waals surface area contributed by atoms with Crippen molar-refractivity contribution in [3.63, 3.8) is 0 Å². The number of halogens is 3. The highest BCUT2D eigenvalue weighted by Gasteiger charge is 2.24. The van der Waals surface area contributed by atoms with Crippen LogP contribution in [-0.4, -0.2) is 35.7 Å². The van der Waals surface area contributed by atoms with Crippen LogP contribution in [0.15, 0.2) is 6.07 Å². The molecule has 0 fully saturated rings. The molecule has 1 heterocycles. The minimum atomic E-state index is -4.67. The molecule has 2 N–H and O–H groups in total. The molecule has 0 bridgehead atoms. The molecular formula is C9H13Cl3NO7PS2. The number of hydrogen-bond donors (Lipinski definition) is 2. The summed E-state index contributed by atoms with van der Waals surface area (Å²) in [4.78, 5) is 3.90. The Bertz CT molecular complexity index is 655. The second-order valence-electron chi connectivity index (χ2n) is 3.37. The van der Waals surface area contributed by atoms with E-state index < -0.39 is 17.1 Å². The summed E-state index contributed by atoms with van der Waals surface area (Å²) in [6.07, 6.45) is 0. The lowest BCUT2D eigenvalue weighted by atomic mass is 10.5. The van der Waals surface area contributed by atoms with Crippen LogP contribution in [0, 0.1) is 0 Å². The molecule has 0 saturated heterocycles. The molecule has 8 nitrogen and oxygen atoms in total. The van der Waals surface area contributed by atoms with Gasteiger partial charge in [-0.15, -0.1) is 0 Å². The van der Waals surface area contributed by atoms with Crippen LogP contribution in [0.25, 0.3) is 0 Å². The molecule has 0 atom stereocenters. The van der Waals surface area contributed by atoms with Crippen LogP contribution in [0.5, 0.6) is 5.88 Å². The third-order valence-corrected chi connectivity index (χ3v) is 4.97. The van der Waals surface area contributed by atoms with Gasteiger partial charge in [0.2, 0.25) is 5.88 Å². The summed E-state index contributed by atoms with van der Waals surface area (Å²) in [5, 5.41) is 0.499. The molecule has 1 aromatic heterocycles. The number of hydrogen-bond acceptors (Lipinski definition) is 7. The molecule has 0 amide bonds. The summed E-state index contributed by atoms with van der Waals surface area (Å²) in [7, 11) is -4.67. The van der Waals surface area contributed by atoms with E-state index in [0.717, 1.165) is 0 Å². The van der Waals surface area contributed by atoms with Crippen LogP contribution in [0.2, 0.25) is 15.2 Å². The van der Waals surface area contributed by atoms with Crippen LogP contribution >= 0.6 is 41.5 Å². The number of aromatic nitrogens is 1. The first kappa shape index (κ1) is 23.3. The summed E-state index contributed by atoms with van der Waals surface area (Å²) in [6, 6.07) is 1.42. The summed E-state index contributed by atoms with van der Waals surface area (Å²) in [6.45, 7) is 1.37. The zero-order chi connectivity index (χ0) is 18.3. The smallest absolute Gasteiger partial charge is 0.394 e. The van der Waals surface area contributed by atoms with Gasteiger partial charge in [-0.25, -0.2) is 0 Å². The molecule has 0 aliphatic rings. The monoisotopic (exact) mass is 447 g/mol. The topological polar surface area (TPSA) is 115 Å². The van der Waals surface area contributed by atoms with Crippen molar-refractivity contribution in [3.05, 3.63) is 21.3 Å². The van der Waals surface area contributed by atoms with Crippen molar-refractivity contribution in [2.45, 2.75) is 13.8 Å². The molecule has 1 rings (SSSR count). The fraction of sp³-hybridized carbons (Fsp3) is 0.444. The van der Waals surface area contributed by atoms with Crippen LogP contribution < -0.4 is 4.52 Å². The van der Waals surface area contributed by atoms with Gasteiger partial charge in [-0.3, -0.25) is 18.2 Å². The van der Waals surface area contributed by atoms with E-state index >= 15 is 0 Å². The minimum Gasteiger partial charge on any atom is -0.404 e. The molecule has 0 aromatic carbocycles. The van der Waals surface area contributed by atoms with Gasteiger partial charge < -0.3 is 4.52 Å². The van der Waals surface area contributed by atoms with Crippen molar-refractivity contribution < 1.29 is 31.1 Å². The van der Waals surface area contributed by atoms with Gasteiger partial charge in [0, 0.05) is 11.8 Å². The van der Waals surface area contributed by atoms with Gasteiger partial charge in [0.05, 0.1) is 18.2 Å². The maximum atomic E-state index is 8.74. The number of rotatable bonds is 6. The van der Waals surface area contributed by atoms with Crippen molar-refractivity contribution in [3.8, 4) is 5.88 Å². The summed E-state index contributed by atoms with van der Waals surface area (Å²) in [5.41, 5.74) is 0. The molecule has 14 heteroatoms. The first-order valence-electron chi connectivity index (χ1n) is 5.72. The maximum Gasteiger partial charge on any atom is 0.394 e. The Hall–Kier alpha value is 0.260. The van der Waals surface area contributed by atoms with Gasteiger partial charge in [0.15, 0.2) is 5.15 Å². The molecule has 134 valence electrons. The van der Waals surface area contributed by atoms with E-state index in [2.05, 4.69) is 4.98 Å². The Morgan fingerprint density at radius 1 is 1.17 bits per heavy atom. The molecule has 0 saturated carbocycles. The highest BCUT2D eigenvalue weighted by atomic mass is 35.5. The third-order valence-electron chi connectivity index (χ3n) is 1.63. The standard InChI is InChI=1S/C9H11Cl3NO3PS.H2O4S/c1-3-14-17(18,15-4-2)16-9-7(11)5-6(10)8(12)13-9;1-5(2,3)4/h5H,3-4H2,1-2H3;(H2,1,2,3,4). The number of pyridine rings is 1. The lowest BCUT2D eigenvalue weighted by Gasteiger charge is -2.20. The third kappa shape index (κ3) is 10.7. The summed E-state index contributed by atoms with van der Waals surface area (Å²) in [5.74, 6) is 0.0521. The van der Waals surface area contributed by atoms with Crippen molar-refractivity contribution in [1.29, 1.82) is 0 Å². The fourth-order valence-corrected chi connectivity index (χ4v) is 3.59. The van der Waals surface area contributed by atoms with Gasteiger partial charge in [0.25, 0.3) is 0 Å². The van der Waals surface area contributed by atoms with Crippen LogP contribution in [0.1, 0.15) is 13.8 Å². The van der Waals surface area contributed by atoms with Crippen molar-refractivity contribution in [1.82, 2.24) is 4.98 Å². The van der Waals surface area contributed by atoms with E-state index in [1.54, 1.807) is 13.8 Å². The molecule has 0 aliphatic heterocycles. The van der Waals surface area contributed by atoms with Gasteiger partial charge in [-0.1, -0.05) is 34.8 Å². The lowest BCUT2D eigenvalue weighted by molar-refractivity contribution is 0.216. The lowest BCUT2D eigenvalue weighted by Crippen LogP contribution is -2.03. The fourth-order valence-electron chi connectivity index (χ4n) is 1.00. The van der Waals surface area contributed by atoms with Crippen molar-refractivity contribution in [2.75, 3.05) is 13.2 Å². The van der Waals surface area contributed by atoms with Crippen LogP contribution in [-0.2, 0) is 31.3 Å². The van der Waals surface area contributed by atoms with E-state index in [1.165, 1.54) is 6.07 Å². The molecule has 1 aromatic rings. The summed E-state index contributed by atoms with van der Waals surface area (Å²) < 4.78 is 47.6. The average molecular weight is 449 g/mol. The molecule has 23 heavy (non-hydrogen) atoms. The molecule has 0 radical (unpaired) electrons. The van der Waals surface area contributed by atoms with Crippen molar-refractivity contribution >= 4 is 63.7 Å². The zero-order valence-corrected chi connectivity index (χ0v) is 16.6. The van der Waals surface area contributed by atoms with Crippen LogP contribution in [0.4, 0.5) is 0 Å². The zero-order valence-electron chi connectivity index (χ0n) is 11.8. The van der Waals surface area contributed by atoms with E-state index in [0.29, 0.717) is 13.2 Å². The number of nitrogens with zero attached hydrogens (tertiary/aromatic N) is 1. The predicted octanol–water partition coefficient (Wildman–Crippen LogP) is 4.07. The normalized spacial score (nSPS) is 11.6. The van der Waals surface area contributed by atoms with E-state index in [1.807, 2.05) is 0 Å². The average Bonchev–Trinajstić information content (AvgIpc) is 2.34. The highest BCUT2D eigenvalue weighted by Crippen LogP contribution is 2.51. The van der Waals surface area contributed by atoms with Gasteiger partial charge >= 0.3 is 17.1 Å². The highest BCUT2D eigenvalue weighted by molar-refractivity contribution is 8.07. The van der Waals surface area contributed by atoms with E-state index in [-0.39, 0.29) is 21.1 Å². The maximum absolute atomic E-state index is 8.74. The summed E-state index contributed by atoms with van der Waals surface area (Å²) >= 11 is 22.7. The van der Waals surface area contributed by atoms with Gasteiger partial charge in [0.1, 0.15) is 5.02 Å². The SMILES string of the molecule is CCOP(=S)(OCC)Oc1nc(Cl)c(Cl)cc1Cl.O=S(=O)(O)O. The largest absolute Gasteiger partial charge is 0.404 e. The van der Waals surface area contributed by atoms with Crippen LogP contribution in [0.3, 0.4) is 0 Å². The Kier molecular flexibility index (Phi) is 10.4. The molecule has 0 aliphatic carbocycles. The van der Waals surface area contributed by atoms with Crippen molar-refractivity contribution in [2.24, 2.45) is 0 Å². The van der Waals surface area contributed by atoms with Gasteiger partial charge in [-0.05, 0) is 19.9 Å². The first-order valence-corrected chi connectivity index (χ1v) is 10.8. The Morgan fingerprint density at radius 3 is 2.00 bits per heavy atom. The molecule has 0 unspecified atom stereocenters. The second-order valence-corrected chi connectivity index (χ2v) is 8.37. The van der Waals surface area contributed by atoms with Gasteiger partial charge in [-0.2, -0.15) is 13.4 Å². The molecular weight excluding hydrogens is 436 g/mol. The first-order chi connectivity index (χ1) is 10.4. The minimum absolute atomic E-state index is 0.0521. The Labute approximate surface area is 153 Å². The Morgan fingerprint density at radius 2 is 1.61 bits per heavy atom. The van der Waals surface area contributed by atoms with E-state index in [9.17, 15) is 0 Å². The van der Waals surface area contributed by atoms with E-state index in [4.69, 9.17) is 77.7 Å².